The van der Waals surface area contributed by atoms with Crippen LogP contribution in [0.15, 0.2) is 64.5 Å². The van der Waals surface area contributed by atoms with E-state index in [1.165, 1.54) is 11.3 Å². The number of carbonyl (C=O) groups excluding carboxylic acids is 1. The van der Waals surface area contributed by atoms with E-state index < -0.39 is 0 Å². The normalized spacial score (nSPS) is 14.5. The first kappa shape index (κ1) is 23.3. The maximum Gasteiger partial charge on any atom is 0.279 e. The first-order valence-electron chi connectivity index (χ1n) is 10.7. The summed E-state index contributed by atoms with van der Waals surface area (Å²) in [7, 11) is 4.70. The summed E-state index contributed by atoms with van der Waals surface area (Å²) in [6.07, 6.45) is 1.71. The molecule has 0 saturated carbocycles. The SMILES string of the molecule is C=CCN=c1scc(-c2cc(OC)c(OC)c(OC)c2)n1N=C1C(=O)N(CC)c2ccccc21. The number of anilines is 1. The van der Waals surface area contributed by atoms with E-state index in [9.17, 15) is 4.79 Å². The Morgan fingerprint density at radius 3 is 2.41 bits per heavy atom. The molecule has 0 unspecified atom stereocenters. The van der Waals surface area contributed by atoms with Gasteiger partial charge in [0.15, 0.2) is 17.2 Å². The van der Waals surface area contributed by atoms with Gasteiger partial charge in [-0.2, -0.15) is 5.10 Å². The van der Waals surface area contributed by atoms with E-state index >= 15 is 0 Å². The molecule has 3 aromatic rings. The van der Waals surface area contributed by atoms with Crippen LogP contribution in [0.4, 0.5) is 5.69 Å². The summed E-state index contributed by atoms with van der Waals surface area (Å²) in [4.78, 5) is 20.2. The van der Waals surface area contributed by atoms with E-state index in [1.807, 2.05) is 48.7 Å². The average Bonchev–Trinajstić information content (AvgIpc) is 3.39. The number of para-hydroxylation sites is 1. The molecule has 0 saturated heterocycles. The number of fused-ring (bicyclic) bond motifs is 1. The fraction of sp³-hybridized carbons (Fsp3) is 0.240. The molecule has 1 aromatic heterocycles. The van der Waals surface area contributed by atoms with Gasteiger partial charge in [-0.25, -0.2) is 4.68 Å². The van der Waals surface area contributed by atoms with Crippen molar-refractivity contribution in [1.82, 2.24) is 4.68 Å². The monoisotopic (exact) mass is 478 g/mol. The number of amides is 1. The van der Waals surface area contributed by atoms with Crippen LogP contribution in [0, 0.1) is 0 Å². The predicted octanol–water partition coefficient (Wildman–Crippen LogP) is 3.95. The highest BCUT2D eigenvalue weighted by Crippen LogP contribution is 2.41. The van der Waals surface area contributed by atoms with E-state index in [0.717, 1.165) is 22.5 Å². The third kappa shape index (κ3) is 3.99. The van der Waals surface area contributed by atoms with Crippen LogP contribution in [-0.4, -0.2) is 50.7 Å². The molecule has 0 spiro atoms. The molecular weight excluding hydrogens is 452 g/mol. The van der Waals surface area contributed by atoms with Crippen LogP contribution in [0.2, 0.25) is 0 Å². The lowest BCUT2D eigenvalue weighted by molar-refractivity contribution is -0.112. The van der Waals surface area contributed by atoms with Crippen LogP contribution >= 0.6 is 11.3 Å². The minimum atomic E-state index is -0.145. The molecule has 1 amide bonds. The lowest BCUT2D eigenvalue weighted by atomic mass is 10.1. The smallest absolute Gasteiger partial charge is 0.279 e. The van der Waals surface area contributed by atoms with Gasteiger partial charge in [-0.15, -0.1) is 17.9 Å². The molecule has 0 N–H and O–H groups in total. The average molecular weight is 479 g/mol. The molecule has 0 radical (unpaired) electrons. The van der Waals surface area contributed by atoms with Gasteiger partial charge in [0.2, 0.25) is 10.6 Å². The Hall–Kier alpha value is -3.85. The highest BCUT2D eigenvalue weighted by atomic mass is 32.1. The number of benzene rings is 2. The quantitative estimate of drug-likeness (QED) is 0.460. The third-order valence-electron chi connectivity index (χ3n) is 5.42. The minimum Gasteiger partial charge on any atom is -0.493 e. The molecule has 0 bridgehead atoms. The number of nitrogens with zero attached hydrogens (tertiary/aromatic N) is 4. The lowest BCUT2D eigenvalue weighted by Gasteiger charge is -2.14. The van der Waals surface area contributed by atoms with Crippen LogP contribution < -0.4 is 23.9 Å². The molecule has 1 aliphatic heterocycles. The van der Waals surface area contributed by atoms with Crippen LogP contribution in [-0.2, 0) is 4.79 Å². The molecule has 2 aromatic carbocycles. The molecule has 4 rings (SSSR count). The molecule has 176 valence electrons. The zero-order chi connectivity index (χ0) is 24.2. The fourth-order valence-corrected chi connectivity index (χ4v) is 4.69. The second-order valence-electron chi connectivity index (χ2n) is 7.27. The number of likely N-dealkylation sites (N-methyl/N-ethyl adjacent to an activating group) is 1. The summed E-state index contributed by atoms with van der Waals surface area (Å²) in [5.41, 5.74) is 3.52. The van der Waals surface area contributed by atoms with Gasteiger partial charge < -0.3 is 19.1 Å². The summed E-state index contributed by atoms with van der Waals surface area (Å²) in [6.45, 7) is 6.68. The van der Waals surface area contributed by atoms with Crippen LogP contribution in [0.5, 0.6) is 17.2 Å². The first-order chi connectivity index (χ1) is 16.6. The number of thiazole rings is 1. The molecule has 0 atom stereocenters. The third-order valence-corrected chi connectivity index (χ3v) is 6.27. The van der Waals surface area contributed by atoms with Gasteiger partial charge in [0.1, 0.15) is 0 Å². The minimum absolute atomic E-state index is 0.145. The van der Waals surface area contributed by atoms with Crippen molar-refractivity contribution in [3.05, 3.63) is 64.8 Å². The number of hydrogen-bond donors (Lipinski definition) is 0. The van der Waals surface area contributed by atoms with Crippen molar-refractivity contribution < 1.29 is 19.0 Å². The Morgan fingerprint density at radius 2 is 1.79 bits per heavy atom. The van der Waals surface area contributed by atoms with Crippen molar-refractivity contribution >= 4 is 28.6 Å². The van der Waals surface area contributed by atoms with E-state index in [2.05, 4.69) is 11.6 Å². The van der Waals surface area contributed by atoms with Crippen molar-refractivity contribution in [2.45, 2.75) is 6.92 Å². The highest BCUT2D eigenvalue weighted by Gasteiger charge is 2.33. The molecule has 8 nitrogen and oxygen atoms in total. The van der Waals surface area contributed by atoms with Gasteiger partial charge in [0, 0.05) is 23.1 Å². The molecule has 1 aliphatic rings. The summed E-state index contributed by atoms with van der Waals surface area (Å²) in [5, 5.41) is 6.77. The second kappa shape index (κ2) is 9.96. The molecular formula is C25H26N4O4S. The number of ether oxygens (including phenoxy) is 3. The van der Waals surface area contributed by atoms with Gasteiger partial charge in [0.05, 0.1) is 39.3 Å². The van der Waals surface area contributed by atoms with Gasteiger partial charge >= 0.3 is 0 Å². The van der Waals surface area contributed by atoms with Gasteiger partial charge in [-0.3, -0.25) is 9.79 Å². The van der Waals surface area contributed by atoms with Crippen molar-refractivity contribution in [2.24, 2.45) is 10.1 Å². The molecule has 34 heavy (non-hydrogen) atoms. The first-order valence-corrected chi connectivity index (χ1v) is 11.6. The number of hydrogen-bond acceptors (Lipinski definition) is 7. The molecule has 2 heterocycles. The summed E-state index contributed by atoms with van der Waals surface area (Å²) >= 11 is 1.42. The van der Waals surface area contributed by atoms with Crippen LogP contribution in [0.3, 0.4) is 0 Å². The van der Waals surface area contributed by atoms with Gasteiger partial charge in [0.25, 0.3) is 5.91 Å². The van der Waals surface area contributed by atoms with Crippen molar-refractivity contribution in [3.8, 4) is 28.5 Å². The molecule has 9 heteroatoms. The zero-order valence-electron chi connectivity index (χ0n) is 19.6. The second-order valence-corrected chi connectivity index (χ2v) is 8.11. The Morgan fingerprint density at radius 1 is 1.09 bits per heavy atom. The Labute approximate surface area is 202 Å². The van der Waals surface area contributed by atoms with Crippen molar-refractivity contribution in [1.29, 1.82) is 0 Å². The largest absolute Gasteiger partial charge is 0.493 e. The fourth-order valence-electron chi connectivity index (χ4n) is 3.85. The molecule has 0 fully saturated rings. The summed E-state index contributed by atoms with van der Waals surface area (Å²) in [5.74, 6) is 1.39. The molecule has 0 aliphatic carbocycles. The maximum atomic E-state index is 13.3. The standard InChI is InChI=1S/C25H26N4O4S/c1-6-12-26-25-29(27-22-17-10-8-9-11-18(17)28(7-2)24(22)30)19(15-34-25)16-13-20(31-3)23(33-5)21(14-16)32-4/h6,8-11,13-15H,1,7,12H2,2-5H3. The summed E-state index contributed by atoms with van der Waals surface area (Å²) in [6, 6.07) is 11.4. The number of carbonyl (C=O) groups is 1. The van der Waals surface area contributed by atoms with Crippen LogP contribution in [0.25, 0.3) is 11.3 Å². The Balaban J connectivity index is 1.96. The number of methoxy groups -OCH3 is 3. The Bertz CT molecular complexity index is 1310. The predicted molar refractivity (Wildman–Crippen MR) is 134 cm³/mol. The zero-order valence-corrected chi connectivity index (χ0v) is 20.4. The van der Waals surface area contributed by atoms with Crippen molar-refractivity contribution in [3.63, 3.8) is 0 Å². The van der Waals surface area contributed by atoms with Crippen LogP contribution in [0.1, 0.15) is 12.5 Å². The van der Waals surface area contributed by atoms with Crippen molar-refractivity contribution in [2.75, 3.05) is 39.3 Å². The van der Waals surface area contributed by atoms with E-state index in [-0.39, 0.29) is 5.91 Å². The number of aromatic nitrogens is 1. The Kier molecular flexibility index (Phi) is 6.83. The van der Waals surface area contributed by atoms with Gasteiger partial charge in [-0.05, 0) is 25.1 Å². The van der Waals surface area contributed by atoms with E-state index in [1.54, 1.807) is 37.0 Å². The highest BCUT2D eigenvalue weighted by molar-refractivity contribution is 7.07. The van der Waals surface area contributed by atoms with E-state index in [0.29, 0.717) is 40.9 Å². The summed E-state index contributed by atoms with van der Waals surface area (Å²) < 4.78 is 18.2. The topological polar surface area (TPSA) is 77.6 Å². The maximum absolute atomic E-state index is 13.3. The van der Waals surface area contributed by atoms with Gasteiger partial charge in [-0.1, -0.05) is 24.3 Å². The lowest BCUT2D eigenvalue weighted by Crippen LogP contribution is -2.30. The van der Waals surface area contributed by atoms with E-state index in [4.69, 9.17) is 19.3 Å². The number of rotatable bonds is 8.